The zero-order valence-corrected chi connectivity index (χ0v) is 11.2. The molecule has 0 aliphatic heterocycles. The summed E-state index contributed by atoms with van der Waals surface area (Å²) in [6, 6.07) is 3.99. The van der Waals surface area contributed by atoms with Crippen molar-refractivity contribution in [1.29, 1.82) is 0 Å². The summed E-state index contributed by atoms with van der Waals surface area (Å²) in [4.78, 5) is 4.56. The predicted molar refractivity (Wildman–Crippen MR) is 68.5 cm³/mol. The van der Waals surface area contributed by atoms with E-state index in [4.69, 9.17) is 4.74 Å². The Morgan fingerprint density at radius 1 is 1.47 bits per heavy atom. The van der Waals surface area contributed by atoms with E-state index in [0.29, 0.717) is 0 Å². The van der Waals surface area contributed by atoms with Crippen LogP contribution in [0.4, 0.5) is 5.69 Å². The maximum atomic E-state index is 5.32. The van der Waals surface area contributed by atoms with Crippen LogP contribution in [0.3, 0.4) is 0 Å². The first-order chi connectivity index (χ1) is 7.08. The number of ether oxygens (including phenoxy) is 1. The van der Waals surface area contributed by atoms with Crippen molar-refractivity contribution in [2.75, 3.05) is 7.11 Å². The van der Waals surface area contributed by atoms with Crippen LogP contribution in [0, 0.1) is 6.92 Å². The SMILES string of the molecule is CCC(C)=Nc1c(C)cc(Br)cc1OC. The summed E-state index contributed by atoms with van der Waals surface area (Å²) in [6.07, 6.45) is 0.957. The average molecular weight is 270 g/mol. The fourth-order valence-electron chi connectivity index (χ4n) is 1.27. The smallest absolute Gasteiger partial charge is 0.145 e. The highest BCUT2D eigenvalue weighted by Crippen LogP contribution is 2.34. The number of nitrogens with zero attached hydrogens (tertiary/aromatic N) is 1. The first-order valence-corrected chi connectivity index (χ1v) is 5.76. The molecule has 82 valence electrons. The lowest BCUT2D eigenvalue weighted by Gasteiger charge is -2.09. The van der Waals surface area contributed by atoms with Crippen molar-refractivity contribution in [2.24, 2.45) is 4.99 Å². The molecule has 0 fully saturated rings. The van der Waals surface area contributed by atoms with Crippen LogP contribution in [0.15, 0.2) is 21.6 Å². The van der Waals surface area contributed by atoms with E-state index < -0.39 is 0 Å². The molecule has 0 N–H and O–H groups in total. The molecular weight excluding hydrogens is 254 g/mol. The minimum Gasteiger partial charge on any atom is -0.494 e. The topological polar surface area (TPSA) is 21.6 Å². The highest BCUT2D eigenvalue weighted by molar-refractivity contribution is 9.10. The van der Waals surface area contributed by atoms with Gasteiger partial charge in [-0.25, -0.2) is 0 Å². The summed E-state index contributed by atoms with van der Waals surface area (Å²) in [6.45, 7) is 6.16. The van der Waals surface area contributed by atoms with Gasteiger partial charge in [-0.2, -0.15) is 0 Å². The van der Waals surface area contributed by atoms with E-state index >= 15 is 0 Å². The van der Waals surface area contributed by atoms with Crippen molar-refractivity contribution in [2.45, 2.75) is 27.2 Å². The van der Waals surface area contributed by atoms with Crippen molar-refractivity contribution in [3.63, 3.8) is 0 Å². The molecule has 1 aromatic rings. The Hall–Kier alpha value is -0.830. The molecule has 0 spiro atoms. The third-order valence-electron chi connectivity index (χ3n) is 2.26. The van der Waals surface area contributed by atoms with Crippen LogP contribution in [-0.2, 0) is 0 Å². The summed E-state index contributed by atoms with van der Waals surface area (Å²) < 4.78 is 6.33. The second-order valence-electron chi connectivity index (χ2n) is 3.47. The van der Waals surface area contributed by atoms with Gasteiger partial charge >= 0.3 is 0 Å². The number of halogens is 1. The summed E-state index contributed by atoms with van der Waals surface area (Å²) >= 11 is 3.44. The van der Waals surface area contributed by atoms with Crippen LogP contribution < -0.4 is 4.74 Å². The van der Waals surface area contributed by atoms with Gasteiger partial charge in [0.2, 0.25) is 0 Å². The summed E-state index contributed by atoms with van der Waals surface area (Å²) in [5, 5.41) is 0. The number of hydrogen-bond donors (Lipinski definition) is 0. The normalized spacial score (nSPS) is 11.7. The summed E-state index contributed by atoms with van der Waals surface area (Å²) in [5.41, 5.74) is 3.16. The van der Waals surface area contributed by atoms with Crippen LogP contribution in [0.25, 0.3) is 0 Å². The highest BCUT2D eigenvalue weighted by atomic mass is 79.9. The standard InChI is InChI=1S/C12H16BrNO/c1-5-9(3)14-12-8(2)6-10(13)7-11(12)15-4/h6-7H,5H2,1-4H3. The van der Waals surface area contributed by atoms with Gasteiger partial charge in [-0.05, 0) is 38.0 Å². The molecule has 0 aromatic heterocycles. The minimum atomic E-state index is 0.815. The van der Waals surface area contributed by atoms with Crippen molar-refractivity contribution in [3.8, 4) is 5.75 Å². The molecule has 0 aliphatic rings. The Labute approximate surface area is 99.5 Å². The molecule has 3 heteroatoms. The predicted octanol–water partition coefficient (Wildman–Crippen LogP) is 4.27. The van der Waals surface area contributed by atoms with Gasteiger partial charge in [0.05, 0.1) is 7.11 Å². The minimum absolute atomic E-state index is 0.815. The molecule has 0 amide bonds. The molecule has 0 bridgehead atoms. The molecule has 0 unspecified atom stereocenters. The fourth-order valence-corrected chi connectivity index (χ4v) is 1.82. The number of rotatable bonds is 3. The van der Waals surface area contributed by atoms with Crippen LogP contribution in [0.5, 0.6) is 5.75 Å². The molecule has 0 heterocycles. The lowest BCUT2D eigenvalue weighted by Crippen LogP contribution is -1.91. The van der Waals surface area contributed by atoms with Crippen LogP contribution in [-0.4, -0.2) is 12.8 Å². The van der Waals surface area contributed by atoms with Crippen LogP contribution in [0.1, 0.15) is 25.8 Å². The first-order valence-electron chi connectivity index (χ1n) is 4.96. The number of aryl methyl sites for hydroxylation is 1. The van der Waals surface area contributed by atoms with Crippen LogP contribution >= 0.6 is 15.9 Å². The van der Waals surface area contributed by atoms with Crippen molar-refractivity contribution in [1.82, 2.24) is 0 Å². The Balaban J connectivity index is 3.27. The number of benzene rings is 1. The van der Waals surface area contributed by atoms with E-state index in [0.717, 1.165) is 33.6 Å². The molecular formula is C12H16BrNO. The fraction of sp³-hybridized carbons (Fsp3) is 0.417. The van der Waals surface area contributed by atoms with Crippen molar-refractivity contribution < 1.29 is 4.74 Å². The van der Waals surface area contributed by atoms with Gasteiger partial charge in [-0.1, -0.05) is 22.9 Å². The maximum Gasteiger partial charge on any atom is 0.145 e. The van der Waals surface area contributed by atoms with E-state index in [9.17, 15) is 0 Å². The third-order valence-corrected chi connectivity index (χ3v) is 2.72. The highest BCUT2D eigenvalue weighted by Gasteiger charge is 2.07. The zero-order valence-electron chi connectivity index (χ0n) is 9.60. The van der Waals surface area contributed by atoms with E-state index in [1.54, 1.807) is 7.11 Å². The number of methoxy groups -OCH3 is 1. The Morgan fingerprint density at radius 2 is 2.13 bits per heavy atom. The number of aliphatic imine (C=N–C) groups is 1. The maximum absolute atomic E-state index is 5.32. The second-order valence-corrected chi connectivity index (χ2v) is 4.39. The summed E-state index contributed by atoms with van der Waals surface area (Å²) in [5.74, 6) is 0.815. The first kappa shape index (κ1) is 12.2. The lowest BCUT2D eigenvalue weighted by molar-refractivity contribution is 0.415. The Kier molecular flexibility index (Phi) is 4.33. The largest absolute Gasteiger partial charge is 0.494 e. The molecule has 0 aliphatic carbocycles. The average Bonchev–Trinajstić information content (AvgIpc) is 2.21. The Bertz CT molecular complexity index is 385. The van der Waals surface area contributed by atoms with E-state index in [-0.39, 0.29) is 0 Å². The van der Waals surface area contributed by atoms with E-state index in [2.05, 4.69) is 27.8 Å². The van der Waals surface area contributed by atoms with Gasteiger partial charge in [0.25, 0.3) is 0 Å². The van der Waals surface area contributed by atoms with Gasteiger partial charge in [0.1, 0.15) is 11.4 Å². The van der Waals surface area contributed by atoms with Crippen molar-refractivity contribution >= 4 is 27.3 Å². The molecule has 1 aromatic carbocycles. The molecule has 1 rings (SSSR count). The van der Waals surface area contributed by atoms with Crippen LogP contribution in [0.2, 0.25) is 0 Å². The third kappa shape index (κ3) is 3.06. The van der Waals surface area contributed by atoms with Gasteiger partial charge in [-0.3, -0.25) is 4.99 Å². The summed E-state index contributed by atoms with van der Waals surface area (Å²) in [7, 11) is 1.67. The van der Waals surface area contributed by atoms with Gasteiger partial charge in [0.15, 0.2) is 0 Å². The second kappa shape index (κ2) is 5.31. The van der Waals surface area contributed by atoms with Crippen molar-refractivity contribution in [3.05, 3.63) is 22.2 Å². The Morgan fingerprint density at radius 3 is 2.67 bits per heavy atom. The van der Waals surface area contributed by atoms with Gasteiger partial charge < -0.3 is 4.74 Å². The monoisotopic (exact) mass is 269 g/mol. The quantitative estimate of drug-likeness (QED) is 0.751. The molecule has 15 heavy (non-hydrogen) atoms. The van der Waals surface area contributed by atoms with Gasteiger partial charge in [-0.15, -0.1) is 0 Å². The molecule has 0 radical (unpaired) electrons. The molecule has 0 atom stereocenters. The number of hydrogen-bond acceptors (Lipinski definition) is 2. The molecule has 2 nitrogen and oxygen atoms in total. The van der Waals surface area contributed by atoms with E-state index in [1.165, 1.54) is 0 Å². The molecule has 0 saturated carbocycles. The van der Waals surface area contributed by atoms with Gasteiger partial charge in [0, 0.05) is 10.2 Å². The zero-order chi connectivity index (χ0) is 11.4. The molecule has 0 saturated heterocycles. The van der Waals surface area contributed by atoms with E-state index in [1.807, 2.05) is 26.0 Å². The lowest BCUT2D eigenvalue weighted by atomic mass is 10.2.